The fourth-order valence-electron chi connectivity index (χ4n) is 2.14. The summed E-state index contributed by atoms with van der Waals surface area (Å²) < 4.78 is 5.89. The highest BCUT2D eigenvalue weighted by atomic mass is 16.3. The van der Waals surface area contributed by atoms with Gasteiger partial charge in [0, 0.05) is 5.39 Å². The number of aromatic nitrogens is 4. The zero-order valence-corrected chi connectivity index (χ0v) is 10.7. The quantitative estimate of drug-likeness (QED) is 0.752. The second-order valence-corrected chi connectivity index (χ2v) is 4.35. The molecule has 1 aromatic carbocycles. The lowest BCUT2D eigenvalue weighted by Crippen LogP contribution is -2.19. The second kappa shape index (κ2) is 5.19. The first kappa shape index (κ1) is 11.9. The lowest BCUT2D eigenvalue weighted by atomic mass is 10.1. The van der Waals surface area contributed by atoms with Crippen molar-refractivity contribution in [2.45, 2.75) is 12.5 Å². The highest BCUT2D eigenvalue weighted by molar-refractivity contribution is 5.77. The first-order valence-electron chi connectivity index (χ1n) is 6.24. The minimum absolute atomic E-state index is 0.0395. The Morgan fingerprint density at radius 2 is 2.26 bits per heavy atom. The van der Waals surface area contributed by atoms with Crippen molar-refractivity contribution in [1.29, 1.82) is 0 Å². The molecule has 0 saturated heterocycles. The molecule has 0 fully saturated rings. The Bertz CT molecular complexity index is 613. The number of nitrogens with zero attached hydrogens (tertiary/aromatic N) is 4. The van der Waals surface area contributed by atoms with E-state index < -0.39 is 0 Å². The summed E-state index contributed by atoms with van der Waals surface area (Å²) in [5.74, 6) is 0.856. The smallest absolute Gasteiger partial charge is 0.162 e. The van der Waals surface area contributed by atoms with E-state index in [0.717, 1.165) is 29.7 Å². The van der Waals surface area contributed by atoms with Gasteiger partial charge in [-0.2, -0.15) is 4.80 Å². The maximum absolute atomic E-state index is 5.89. The fraction of sp³-hybridized carbons (Fsp3) is 0.308. The van der Waals surface area contributed by atoms with Crippen LogP contribution in [0.25, 0.3) is 11.0 Å². The van der Waals surface area contributed by atoms with Gasteiger partial charge in [0.1, 0.15) is 17.4 Å². The van der Waals surface area contributed by atoms with Gasteiger partial charge < -0.3 is 9.73 Å². The van der Waals surface area contributed by atoms with Crippen molar-refractivity contribution < 1.29 is 4.42 Å². The first-order valence-corrected chi connectivity index (χ1v) is 6.24. The first-order chi connectivity index (χ1) is 9.38. The number of para-hydroxylation sites is 1. The SMILES string of the molecule is CNCCC(c1cc2ccccc2o1)n1ncnn1. The topological polar surface area (TPSA) is 68.8 Å². The molecule has 0 aliphatic carbocycles. The number of hydrogen-bond donors (Lipinski definition) is 1. The second-order valence-electron chi connectivity index (χ2n) is 4.35. The lowest BCUT2D eigenvalue weighted by molar-refractivity contribution is 0.362. The highest BCUT2D eigenvalue weighted by Gasteiger charge is 2.19. The van der Waals surface area contributed by atoms with Crippen LogP contribution in [0.2, 0.25) is 0 Å². The molecule has 6 heteroatoms. The van der Waals surface area contributed by atoms with Crippen molar-refractivity contribution in [3.63, 3.8) is 0 Å². The third-order valence-electron chi connectivity index (χ3n) is 3.08. The molecule has 3 aromatic rings. The van der Waals surface area contributed by atoms with Gasteiger partial charge in [0.05, 0.1) is 0 Å². The van der Waals surface area contributed by atoms with Crippen molar-refractivity contribution in [2.24, 2.45) is 0 Å². The zero-order chi connectivity index (χ0) is 13.1. The zero-order valence-electron chi connectivity index (χ0n) is 10.7. The number of benzene rings is 1. The number of nitrogens with one attached hydrogen (secondary N) is 1. The number of rotatable bonds is 5. The lowest BCUT2D eigenvalue weighted by Gasteiger charge is -2.12. The molecule has 0 saturated carbocycles. The van der Waals surface area contributed by atoms with E-state index in [1.54, 1.807) is 4.80 Å². The van der Waals surface area contributed by atoms with E-state index >= 15 is 0 Å². The molecule has 19 heavy (non-hydrogen) atoms. The van der Waals surface area contributed by atoms with Gasteiger partial charge in [-0.3, -0.25) is 0 Å². The molecule has 1 atom stereocenters. The molecule has 98 valence electrons. The maximum atomic E-state index is 5.89. The predicted molar refractivity (Wildman–Crippen MR) is 70.7 cm³/mol. The van der Waals surface area contributed by atoms with Gasteiger partial charge in [-0.05, 0) is 37.4 Å². The van der Waals surface area contributed by atoms with Crippen LogP contribution in [0, 0.1) is 0 Å². The summed E-state index contributed by atoms with van der Waals surface area (Å²) in [6, 6.07) is 9.96. The predicted octanol–water partition coefficient (Wildman–Crippen LogP) is 1.62. The maximum Gasteiger partial charge on any atom is 0.162 e. The molecule has 2 aromatic heterocycles. The Labute approximate surface area is 110 Å². The monoisotopic (exact) mass is 257 g/mol. The molecule has 0 aliphatic heterocycles. The van der Waals surface area contributed by atoms with Gasteiger partial charge in [-0.25, -0.2) is 0 Å². The normalized spacial score (nSPS) is 12.9. The number of tetrazole rings is 1. The van der Waals surface area contributed by atoms with Crippen LogP contribution in [0.3, 0.4) is 0 Å². The van der Waals surface area contributed by atoms with E-state index in [1.165, 1.54) is 6.33 Å². The van der Waals surface area contributed by atoms with Crippen molar-refractivity contribution in [3.05, 3.63) is 42.4 Å². The van der Waals surface area contributed by atoms with Crippen LogP contribution < -0.4 is 5.32 Å². The van der Waals surface area contributed by atoms with Crippen LogP contribution in [-0.2, 0) is 0 Å². The van der Waals surface area contributed by atoms with Crippen LogP contribution in [-0.4, -0.2) is 33.8 Å². The molecule has 0 spiro atoms. The summed E-state index contributed by atoms with van der Waals surface area (Å²) in [5.41, 5.74) is 0.882. The van der Waals surface area contributed by atoms with Crippen molar-refractivity contribution in [2.75, 3.05) is 13.6 Å². The Balaban J connectivity index is 1.98. The number of furan rings is 1. The van der Waals surface area contributed by atoms with Crippen molar-refractivity contribution in [1.82, 2.24) is 25.5 Å². The Kier molecular flexibility index (Phi) is 3.24. The van der Waals surface area contributed by atoms with Gasteiger partial charge in [0.2, 0.25) is 0 Å². The van der Waals surface area contributed by atoms with Crippen LogP contribution in [0.1, 0.15) is 18.2 Å². The van der Waals surface area contributed by atoms with Crippen LogP contribution in [0.15, 0.2) is 41.1 Å². The molecule has 0 radical (unpaired) electrons. The molecule has 2 heterocycles. The summed E-state index contributed by atoms with van der Waals surface area (Å²) >= 11 is 0. The molecular formula is C13H15N5O. The Morgan fingerprint density at radius 1 is 1.37 bits per heavy atom. The summed E-state index contributed by atoms with van der Waals surface area (Å²) in [4.78, 5) is 1.59. The van der Waals surface area contributed by atoms with E-state index in [0.29, 0.717) is 0 Å². The molecule has 0 amide bonds. The van der Waals surface area contributed by atoms with Gasteiger partial charge in [-0.15, -0.1) is 10.2 Å². The molecule has 0 bridgehead atoms. The third-order valence-corrected chi connectivity index (χ3v) is 3.08. The average molecular weight is 257 g/mol. The van der Waals surface area contributed by atoms with Crippen LogP contribution in [0.5, 0.6) is 0 Å². The van der Waals surface area contributed by atoms with Crippen LogP contribution >= 0.6 is 0 Å². The number of hydrogen-bond acceptors (Lipinski definition) is 5. The van der Waals surface area contributed by atoms with Crippen molar-refractivity contribution in [3.8, 4) is 0 Å². The third kappa shape index (κ3) is 2.34. The summed E-state index contributed by atoms with van der Waals surface area (Å²) in [6.45, 7) is 0.850. The van der Waals surface area contributed by atoms with E-state index in [4.69, 9.17) is 4.42 Å². The van der Waals surface area contributed by atoms with E-state index in [9.17, 15) is 0 Å². The minimum Gasteiger partial charge on any atom is -0.459 e. The highest BCUT2D eigenvalue weighted by Crippen LogP contribution is 2.27. The summed E-state index contributed by atoms with van der Waals surface area (Å²) in [5, 5.41) is 16.1. The van der Waals surface area contributed by atoms with E-state index in [-0.39, 0.29) is 6.04 Å². The van der Waals surface area contributed by atoms with E-state index in [1.807, 2.05) is 37.4 Å². The summed E-state index contributed by atoms with van der Waals surface area (Å²) in [7, 11) is 1.92. The molecular weight excluding hydrogens is 242 g/mol. The minimum atomic E-state index is -0.0395. The van der Waals surface area contributed by atoms with Gasteiger partial charge >= 0.3 is 0 Å². The molecule has 1 N–H and O–H groups in total. The molecule has 3 rings (SSSR count). The van der Waals surface area contributed by atoms with E-state index in [2.05, 4.69) is 20.7 Å². The van der Waals surface area contributed by atoms with Crippen molar-refractivity contribution >= 4 is 11.0 Å². The van der Waals surface area contributed by atoms with Gasteiger partial charge in [0.25, 0.3) is 0 Å². The Morgan fingerprint density at radius 3 is 3.00 bits per heavy atom. The van der Waals surface area contributed by atoms with Gasteiger partial charge in [-0.1, -0.05) is 18.2 Å². The Hall–Kier alpha value is -2.21. The van der Waals surface area contributed by atoms with Gasteiger partial charge in [0.15, 0.2) is 6.33 Å². The molecule has 0 aliphatic rings. The fourth-order valence-corrected chi connectivity index (χ4v) is 2.14. The molecule has 6 nitrogen and oxygen atoms in total. The standard InChI is InChI=1S/C13H15N5O/c1-14-7-6-11(18-16-9-15-17-18)13-8-10-4-2-3-5-12(10)19-13/h2-5,8-9,11,14H,6-7H2,1H3. The number of fused-ring (bicyclic) bond motifs is 1. The summed E-state index contributed by atoms with van der Waals surface area (Å²) in [6.07, 6.45) is 2.28. The molecule has 1 unspecified atom stereocenters. The largest absolute Gasteiger partial charge is 0.459 e. The average Bonchev–Trinajstić information content (AvgIpc) is 3.08. The van der Waals surface area contributed by atoms with Crippen LogP contribution in [0.4, 0.5) is 0 Å².